The van der Waals surface area contributed by atoms with Gasteiger partial charge in [-0.1, -0.05) is 24.9 Å². The van der Waals surface area contributed by atoms with Gasteiger partial charge in [-0.05, 0) is 25.5 Å². The zero-order valence-electron chi connectivity index (χ0n) is 9.46. The Morgan fingerprint density at radius 2 is 2.31 bits per heavy atom. The minimum absolute atomic E-state index is 0.186. The van der Waals surface area contributed by atoms with Crippen LogP contribution in [0, 0.1) is 6.92 Å². The van der Waals surface area contributed by atoms with Gasteiger partial charge in [-0.3, -0.25) is 4.79 Å². The number of amides is 1. The van der Waals surface area contributed by atoms with E-state index in [2.05, 4.69) is 10.3 Å². The molecule has 1 amide bonds. The third kappa shape index (κ3) is 3.47. The predicted molar refractivity (Wildman–Crippen MR) is 65.5 cm³/mol. The Morgan fingerprint density at radius 1 is 1.62 bits per heavy atom. The lowest BCUT2D eigenvalue weighted by atomic mass is 10.1. The van der Waals surface area contributed by atoms with E-state index in [1.165, 1.54) is 0 Å². The zero-order chi connectivity index (χ0) is 12.1. The maximum atomic E-state index is 11.6. The number of halogens is 1. The molecular weight excluding hydrogens is 226 g/mol. The lowest BCUT2D eigenvalue weighted by molar-refractivity contribution is -0.117. The number of hydrogen-bond donors (Lipinski definition) is 2. The van der Waals surface area contributed by atoms with E-state index in [4.69, 9.17) is 17.3 Å². The van der Waals surface area contributed by atoms with Crippen molar-refractivity contribution in [2.45, 2.75) is 32.7 Å². The molecule has 88 valence electrons. The number of hydrogen-bond acceptors (Lipinski definition) is 3. The SMILES string of the molecule is CCC[C@@H](N)C(=O)Nc1ccc(Cl)nc1C. The fraction of sp³-hybridized carbons (Fsp3) is 0.455. The number of pyridine rings is 1. The van der Waals surface area contributed by atoms with Crippen molar-refractivity contribution in [2.75, 3.05) is 5.32 Å². The van der Waals surface area contributed by atoms with Crippen LogP contribution in [0.2, 0.25) is 5.15 Å². The molecule has 0 spiro atoms. The van der Waals surface area contributed by atoms with Crippen LogP contribution in [0.4, 0.5) is 5.69 Å². The third-order valence-corrected chi connectivity index (χ3v) is 2.46. The average molecular weight is 242 g/mol. The van der Waals surface area contributed by atoms with Crippen molar-refractivity contribution in [3.63, 3.8) is 0 Å². The Morgan fingerprint density at radius 3 is 2.88 bits per heavy atom. The number of rotatable bonds is 4. The van der Waals surface area contributed by atoms with E-state index in [1.54, 1.807) is 19.1 Å². The van der Waals surface area contributed by atoms with Crippen molar-refractivity contribution in [2.24, 2.45) is 5.73 Å². The number of nitrogens with one attached hydrogen (secondary N) is 1. The molecule has 0 bridgehead atoms. The van der Waals surface area contributed by atoms with E-state index in [9.17, 15) is 4.79 Å². The molecule has 1 aromatic heterocycles. The van der Waals surface area contributed by atoms with E-state index in [1.807, 2.05) is 6.92 Å². The third-order valence-electron chi connectivity index (χ3n) is 2.25. The van der Waals surface area contributed by atoms with Crippen molar-refractivity contribution < 1.29 is 4.79 Å². The molecule has 5 heteroatoms. The molecule has 0 aliphatic rings. The number of aromatic nitrogens is 1. The van der Waals surface area contributed by atoms with Gasteiger partial charge >= 0.3 is 0 Å². The molecule has 1 atom stereocenters. The van der Waals surface area contributed by atoms with Crippen molar-refractivity contribution in [3.8, 4) is 0 Å². The average Bonchev–Trinajstić information content (AvgIpc) is 2.22. The second-order valence-corrected chi connectivity index (χ2v) is 4.04. The Labute approximate surface area is 100 Å². The number of nitrogens with two attached hydrogens (primary N) is 1. The molecule has 0 radical (unpaired) electrons. The molecular formula is C11H16ClN3O. The molecule has 0 fully saturated rings. The van der Waals surface area contributed by atoms with Gasteiger partial charge in [0, 0.05) is 0 Å². The first kappa shape index (κ1) is 12.9. The Hall–Kier alpha value is -1.13. The van der Waals surface area contributed by atoms with Gasteiger partial charge in [0.25, 0.3) is 0 Å². The van der Waals surface area contributed by atoms with Crippen LogP contribution in [0.3, 0.4) is 0 Å². The van der Waals surface area contributed by atoms with Crippen LogP contribution < -0.4 is 11.1 Å². The summed E-state index contributed by atoms with van der Waals surface area (Å²) in [5, 5.41) is 3.15. The second kappa shape index (κ2) is 5.82. The van der Waals surface area contributed by atoms with Gasteiger partial charge < -0.3 is 11.1 Å². The summed E-state index contributed by atoms with van der Waals surface area (Å²) in [4.78, 5) is 15.7. The van der Waals surface area contributed by atoms with Crippen molar-refractivity contribution in [1.29, 1.82) is 0 Å². The molecule has 0 saturated heterocycles. The summed E-state index contributed by atoms with van der Waals surface area (Å²) in [6, 6.07) is 2.89. The highest BCUT2D eigenvalue weighted by atomic mass is 35.5. The molecule has 0 aliphatic heterocycles. The van der Waals surface area contributed by atoms with Crippen LogP contribution in [0.15, 0.2) is 12.1 Å². The van der Waals surface area contributed by atoms with Crippen LogP contribution in [0.5, 0.6) is 0 Å². The van der Waals surface area contributed by atoms with E-state index in [0.717, 1.165) is 6.42 Å². The standard InChI is InChI=1S/C11H16ClN3O/c1-3-4-8(13)11(16)15-9-5-6-10(12)14-7(9)2/h5-6,8H,3-4,13H2,1-2H3,(H,15,16)/t8-/m1/s1. The first-order chi connectivity index (χ1) is 7.54. The molecule has 4 nitrogen and oxygen atoms in total. The van der Waals surface area contributed by atoms with Crippen LogP contribution in [0.1, 0.15) is 25.5 Å². The smallest absolute Gasteiger partial charge is 0.241 e. The van der Waals surface area contributed by atoms with Crippen LogP contribution in [0.25, 0.3) is 0 Å². The van der Waals surface area contributed by atoms with Crippen molar-refractivity contribution in [3.05, 3.63) is 23.0 Å². The molecule has 1 heterocycles. The second-order valence-electron chi connectivity index (χ2n) is 3.65. The molecule has 0 unspecified atom stereocenters. The normalized spacial score (nSPS) is 12.2. The van der Waals surface area contributed by atoms with Gasteiger partial charge in [0.05, 0.1) is 17.4 Å². The van der Waals surface area contributed by atoms with Gasteiger partial charge in [-0.25, -0.2) is 4.98 Å². The lowest BCUT2D eigenvalue weighted by Gasteiger charge is -2.12. The van der Waals surface area contributed by atoms with Crippen LogP contribution >= 0.6 is 11.6 Å². The molecule has 1 rings (SSSR count). The van der Waals surface area contributed by atoms with Gasteiger partial charge in [-0.2, -0.15) is 0 Å². The summed E-state index contributed by atoms with van der Waals surface area (Å²) in [6.07, 6.45) is 1.55. The maximum Gasteiger partial charge on any atom is 0.241 e. The predicted octanol–water partition coefficient (Wildman–Crippen LogP) is 2.11. The van der Waals surface area contributed by atoms with Gasteiger partial charge in [-0.15, -0.1) is 0 Å². The largest absolute Gasteiger partial charge is 0.323 e. The highest BCUT2D eigenvalue weighted by molar-refractivity contribution is 6.29. The topological polar surface area (TPSA) is 68.0 Å². The maximum absolute atomic E-state index is 11.6. The van der Waals surface area contributed by atoms with E-state index >= 15 is 0 Å². The van der Waals surface area contributed by atoms with E-state index < -0.39 is 6.04 Å². The summed E-state index contributed by atoms with van der Waals surface area (Å²) in [6.45, 7) is 3.77. The fourth-order valence-corrected chi connectivity index (χ4v) is 1.52. The Kier molecular flexibility index (Phi) is 4.71. The quantitative estimate of drug-likeness (QED) is 0.794. The van der Waals surface area contributed by atoms with Gasteiger partial charge in [0.1, 0.15) is 5.15 Å². The number of carbonyl (C=O) groups is 1. The van der Waals surface area contributed by atoms with Gasteiger partial charge in [0.2, 0.25) is 5.91 Å². The Bertz CT molecular complexity index is 381. The minimum Gasteiger partial charge on any atom is -0.323 e. The summed E-state index contributed by atoms with van der Waals surface area (Å²) in [5.41, 5.74) is 7.04. The number of nitrogens with zero attached hydrogens (tertiary/aromatic N) is 1. The number of anilines is 1. The first-order valence-corrected chi connectivity index (χ1v) is 5.62. The van der Waals surface area contributed by atoms with Crippen molar-refractivity contribution >= 4 is 23.2 Å². The number of carbonyl (C=O) groups excluding carboxylic acids is 1. The summed E-state index contributed by atoms with van der Waals surface area (Å²) in [7, 11) is 0. The van der Waals surface area contributed by atoms with E-state index in [0.29, 0.717) is 23.0 Å². The molecule has 0 aliphatic carbocycles. The zero-order valence-corrected chi connectivity index (χ0v) is 10.2. The summed E-state index contributed by atoms with van der Waals surface area (Å²) in [5.74, 6) is -0.186. The highest BCUT2D eigenvalue weighted by Gasteiger charge is 2.13. The van der Waals surface area contributed by atoms with Crippen LogP contribution in [-0.4, -0.2) is 16.9 Å². The van der Waals surface area contributed by atoms with Crippen LogP contribution in [-0.2, 0) is 4.79 Å². The monoisotopic (exact) mass is 241 g/mol. The molecule has 3 N–H and O–H groups in total. The molecule has 16 heavy (non-hydrogen) atoms. The minimum atomic E-state index is -0.472. The molecule has 0 aromatic carbocycles. The first-order valence-electron chi connectivity index (χ1n) is 5.24. The summed E-state index contributed by atoms with van der Waals surface area (Å²) < 4.78 is 0. The Balaban J connectivity index is 2.69. The highest BCUT2D eigenvalue weighted by Crippen LogP contribution is 2.15. The van der Waals surface area contributed by atoms with Gasteiger partial charge in [0.15, 0.2) is 0 Å². The summed E-state index contributed by atoms with van der Waals surface area (Å²) >= 11 is 5.72. The fourth-order valence-electron chi connectivity index (χ4n) is 1.33. The lowest BCUT2D eigenvalue weighted by Crippen LogP contribution is -2.35. The van der Waals surface area contributed by atoms with Crippen molar-refractivity contribution in [1.82, 2.24) is 4.98 Å². The number of aryl methyl sites for hydroxylation is 1. The molecule has 0 saturated carbocycles. The van der Waals surface area contributed by atoms with E-state index in [-0.39, 0.29) is 5.91 Å². The molecule has 1 aromatic rings.